The predicted molar refractivity (Wildman–Crippen MR) is 49.4 cm³/mol. The molecule has 0 fully saturated rings. The number of urea groups is 1. The fraction of sp³-hybridized carbons (Fsp3) is 0.429. The van der Waals surface area contributed by atoms with Gasteiger partial charge in [0.1, 0.15) is 6.04 Å². The van der Waals surface area contributed by atoms with Gasteiger partial charge in [-0.25, -0.2) is 9.59 Å². The molecule has 0 unspecified atom stereocenters. The van der Waals surface area contributed by atoms with Crippen molar-refractivity contribution >= 4 is 23.9 Å². The molecule has 0 aromatic rings. The number of hydrogen-bond donors (Lipinski definition) is 5. The van der Waals surface area contributed by atoms with Crippen LogP contribution in [0.25, 0.3) is 0 Å². The van der Waals surface area contributed by atoms with Crippen LogP contribution in [0.3, 0.4) is 0 Å². The fourth-order valence-corrected chi connectivity index (χ4v) is 0.751. The van der Waals surface area contributed by atoms with Crippen LogP contribution in [0.1, 0.15) is 6.42 Å². The average Bonchev–Trinajstić information content (AvgIpc) is 2.12. The predicted octanol–water partition coefficient (Wildman–Crippen LogP) is -2.30. The van der Waals surface area contributed by atoms with Crippen LogP contribution in [0.2, 0.25) is 0 Å². The van der Waals surface area contributed by atoms with Gasteiger partial charge in [0, 0.05) is 0 Å². The van der Waals surface area contributed by atoms with Gasteiger partial charge in [0.25, 0.3) is 0 Å². The lowest BCUT2D eigenvalue weighted by atomic mass is 10.2. The largest absolute Gasteiger partial charge is 0.481 e. The number of amides is 3. The minimum atomic E-state index is -1.56. The Bertz CT molecular complexity index is 315. The summed E-state index contributed by atoms with van der Waals surface area (Å²) in [6.45, 7) is -0.467. The maximum absolute atomic E-state index is 11.0. The maximum atomic E-state index is 11.0. The van der Waals surface area contributed by atoms with Gasteiger partial charge in [-0.3, -0.25) is 9.59 Å². The molecule has 0 aliphatic carbocycles. The zero-order valence-electron chi connectivity index (χ0n) is 8.10. The lowest BCUT2D eigenvalue weighted by Gasteiger charge is -2.12. The van der Waals surface area contributed by atoms with Crippen molar-refractivity contribution in [3.05, 3.63) is 0 Å². The molecule has 9 heteroatoms. The molecular formula is C7H11N3O6. The van der Waals surface area contributed by atoms with Crippen LogP contribution in [0.15, 0.2) is 0 Å². The number of nitrogens with two attached hydrogens (primary N) is 1. The first-order valence-corrected chi connectivity index (χ1v) is 4.10. The molecule has 0 bridgehead atoms. The average molecular weight is 233 g/mol. The van der Waals surface area contributed by atoms with Crippen molar-refractivity contribution in [2.75, 3.05) is 6.54 Å². The second kappa shape index (κ2) is 6.22. The molecule has 0 heterocycles. The van der Waals surface area contributed by atoms with Crippen LogP contribution >= 0.6 is 0 Å². The van der Waals surface area contributed by atoms with E-state index in [9.17, 15) is 19.2 Å². The minimum absolute atomic E-state index is 0.467. The number of primary amides is 1. The summed E-state index contributed by atoms with van der Waals surface area (Å²) in [5.74, 6) is -3.67. The fourth-order valence-electron chi connectivity index (χ4n) is 0.751. The van der Waals surface area contributed by atoms with Gasteiger partial charge in [0.05, 0.1) is 13.0 Å². The van der Waals surface area contributed by atoms with Crippen LogP contribution in [0.5, 0.6) is 0 Å². The molecule has 0 rings (SSSR count). The summed E-state index contributed by atoms with van der Waals surface area (Å²) >= 11 is 0. The quantitative estimate of drug-likeness (QED) is 0.347. The third kappa shape index (κ3) is 6.18. The Balaban J connectivity index is 4.18. The highest BCUT2D eigenvalue weighted by Crippen LogP contribution is 1.92. The summed E-state index contributed by atoms with van der Waals surface area (Å²) < 4.78 is 0. The van der Waals surface area contributed by atoms with Crippen LogP contribution in [-0.2, 0) is 14.4 Å². The number of rotatable bonds is 6. The number of aliphatic carboxylic acids is 2. The lowest BCUT2D eigenvalue weighted by molar-refractivity contribution is -0.145. The molecule has 9 nitrogen and oxygen atoms in total. The van der Waals surface area contributed by atoms with Crippen LogP contribution < -0.4 is 16.4 Å². The first kappa shape index (κ1) is 13.7. The second-order valence-corrected chi connectivity index (χ2v) is 2.78. The molecule has 0 aliphatic heterocycles. The highest BCUT2D eigenvalue weighted by atomic mass is 16.4. The Hall–Kier alpha value is -2.32. The molecule has 0 aliphatic rings. The molecule has 0 radical (unpaired) electrons. The summed E-state index contributed by atoms with van der Waals surface area (Å²) in [7, 11) is 0. The molecule has 0 aromatic carbocycles. The third-order valence-corrected chi connectivity index (χ3v) is 1.41. The van der Waals surface area contributed by atoms with Crippen molar-refractivity contribution in [2.45, 2.75) is 12.5 Å². The minimum Gasteiger partial charge on any atom is -0.481 e. The number of nitrogens with one attached hydrogen (secondary N) is 2. The van der Waals surface area contributed by atoms with E-state index in [4.69, 9.17) is 15.9 Å². The molecule has 0 aromatic heterocycles. The zero-order valence-corrected chi connectivity index (χ0v) is 8.10. The highest BCUT2D eigenvalue weighted by molar-refractivity contribution is 5.88. The molecule has 6 N–H and O–H groups in total. The molecule has 1 atom stereocenters. The van der Waals surface area contributed by atoms with E-state index in [1.807, 2.05) is 10.6 Å². The van der Waals surface area contributed by atoms with E-state index in [0.717, 1.165) is 0 Å². The van der Waals surface area contributed by atoms with Crippen LogP contribution in [-0.4, -0.2) is 46.7 Å². The smallest absolute Gasteiger partial charge is 0.326 e. The van der Waals surface area contributed by atoms with Gasteiger partial charge < -0.3 is 26.6 Å². The standard InChI is InChI=1S/C7H11N3O6/c8-4(11)2-9-7(16)10-3(6(14)15)1-5(12)13/h3H,1-2H2,(H2,8,11)(H,12,13)(H,14,15)(H2,9,10,16)/t3-/m1/s1. The molecule has 0 spiro atoms. The van der Waals surface area contributed by atoms with Gasteiger partial charge in [-0.15, -0.1) is 0 Å². The van der Waals surface area contributed by atoms with Crippen molar-refractivity contribution in [3.8, 4) is 0 Å². The van der Waals surface area contributed by atoms with Gasteiger partial charge in [-0.05, 0) is 0 Å². The van der Waals surface area contributed by atoms with Crippen LogP contribution in [0.4, 0.5) is 4.79 Å². The Morgan fingerprint density at radius 2 is 1.75 bits per heavy atom. The topological polar surface area (TPSA) is 159 Å². The Morgan fingerprint density at radius 3 is 2.12 bits per heavy atom. The number of carboxylic acids is 2. The van der Waals surface area contributed by atoms with Crippen molar-refractivity contribution in [1.82, 2.24) is 10.6 Å². The van der Waals surface area contributed by atoms with E-state index in [1.165, 1.54) is 0 Å². The Morgan fingerprint density at radius 1 is 1.19 bits per heavy atom. The van der Waals surface area contributed by atoms with Gasteiger partial charge in [0.2, 0.25) is 5.91 Å². The zero-order chi connectivity index (χ0) is 12.7. The summed E-state index contributed by atoms with van der Waals surface area (Å²) in [5.41, 5.74) is 4.72. The summed E-state index contributed by atoms with van der Waals surface area (Å²) in [4.78, 5) is 42.0. The molecule has 0 saturated heterocycles. The Kier molecular flexibility index (Phi) is 5.32. The third-order valence-electron chi connectivity index (χ3n) is 1.41. The number of carboxylic acid groups (broad SMARTS) is 2. The first-order chi connectivity index (χ1) is 7.32. The second-order valence-electron chi connectivity index (χ2n) is 2.78. The van der Waals surface area contributed by atoms with Gasteiger partial charge in [-0.2, -0.15) is 0 Å². The number of carbonyl (C=O) groups excluding carboxylic acids is 2. The summed E-state index contributed by atoms with van der Waals surface area (Å²) in [6.07, 6.45) is -0.765. The normalized spacial score (nSPS) is 11.2. The van der Waals surface area contributed by atoms with Gasteiger partial charge >= 0.3 is 18.0 Å². The van der Waals surface area contributed by atoms with E-state index in [0.29, 0.717) is 0 Å². The molecule has 16 heavy (non-hydrogen) atoms. The van der Waals surface area contributed by atoms with E-state index < -0.39 is 42.9 Å². The molecule has 90 valence electrons. The van der Waals surface area contributed by atoms with E-state index in [1.54, 1.807) is 0 Å². The molecule has 0 saturated carbocycles. The van der Waals surface area contributed by atoms with E-state index in [-0.39, 0.29) is 0 Å². The van der Waals surface area contributed by atoms with Crippen molar-refractivity contribution < 1.29 is 29.4 Å². The van der Waals surface area contributed by atoms with Crippen LogP contribution in [0, 0.1) is 0 Å². The van der Waals surface area contributed by atoms with Crippen molar-refractivity contribution in [2.24, 2.45) is 5.73 Å². The molecule has 3 amide bonds. The first-order valence-electron chi connectivity index (χ1n) is 4.10. The highest BCUT2D eigenvalue weighted by Gasteiger charge is 2.22. The van der Waals surface area contributed by atoms with Gasteiger partial charge in [-0.1, -0.05) is 0 Å². The number of hydrogen-bond acceptors (Lipinski definition) is 4. The lowest BCUT2D eigenvalue weighted by Crippen LogP contribution is -2.48. The SMILES string of the molecule is NC(=O)CNC(=O)N[C@H](CC(=O)O)C(=O)O. The number of carbonyl (C=O) groups is 4. The van der Waals surface area contributed by atoms with Gasteiger partial charge in [0.15, 0.2) is 0 Å². The maximum Gasteiger partial charge on any atom is 0.326 e. The van der Waals surface area contributed by atoms with E-state index >= 15 is 0 Å². The van der Waals surface area contributed by atoms with E-state index in [2.05, 4.69) is 0 Å². The molecular weight excluding hydrogens is 222 g/mol. The Labute approximate surface area is 89.6 Å². The van der Waals surface area contributed by atoms with Crippen molar-refractivity contribution in [3.63, 3.8) is 0 Å². The monoisotopic (exact) mass is 233 g/mol. The summed E-state index contributed by atoms with van der Waals surface area (Å²) in [5, 5.41) is 20.7. The summed E-state index contributed by atoms with van der Waals surface area (Å²) in [6, 6.07) is -2.54. The van der Waals surface area contributed by atoms with Crippen molar-refractivity contribution in [1.29, 1.82) is 0 Å².